The summed E-state index contributed by atoms with van der Waals surface area (Å²) < 4.78 is 38.6. The third kappa shape index (κ3) is 2.65. The Hall–Kier alpha value is -2.57. The number of carbonyl (C=O) groups excluding carboxylic acids is 1. The van der Waals surface area contributed by atoms with E-state index in [2.05, 4.69) is 10.3 Å². The number of aromatic hydroxyl groups is 1. The number of anilines is 1. The summed E-state index contributed by atoms with van der Waals surface area (Å²) in [6, 6.07) is 2.49. The third-order valence-electron chi connectivity index (χ3n) is 2.29. The second kappa shape index (κ2) is 4.97. The number of hydrogen-bond acceptors (Lipinski definition) is 3. The maximum absolute atomic E-state index is 12.9. The fourth-order valence-electron chi connectivity index (χ4n) is 1.40. The van der Waals surface area contributed by atoms with Gasteiger partial charge in [0.2, 0.25) is 0 Å². The second-order valence-corrected chi connectivity index (χ2v) is 3.60. The maximum Gasteiger partial charge on any atom is 0.259 e. The normalized spacial score (nSPS) is 10.3. The van der Waals surface area contributed by atoms with Gasteiger partial charge in [-0.05, 0) is 6.07 Å². The van der Waals surface area contributed by atoms with Crippen molar-refractivity contribution in [2.24, 2.45) is 0 Å². The van der Waals surface area contributed by atoms with Gasteiger partial charge >= 0.3 is 0 Å². The average molecular weight is 268 g/mol. The number of hydrogen-bond donors (Lipinski definition) is 2. The van der Waals surface area contributed by atoms with Gasteiger partial charge in [-0.25, -0.2) is 13.2 Å². The standard InChI is InChI=1S/C12H7F3N2O2/c13-8-3-6(4-9(14)11(8)15)17-12(19)7-1-2-16-5-10(7)18/h1-5,18H,(H,17,19). The summed E-state index contributed by atoms with van der Waals surface area (Å²) in [4.78, 5) is 15.3. The SMILES string of the molecule is O=C(Nc1cc(F)c(F)c(F)c1)c1ccncc1O. The topological polar surface area (TPSA) is 62.2 Å². The molecule has 0 bridgehead atoms. The van der Waals surface area contributed by atoms with Gasteiger partial charge in [0.15, 0.2) is 17.5 Å². The van der Waals surface area contributed by atoms with Crippen molar-refractivity contribution in [3.05, 3.63) is 53.6 Å². The first-order chi connectivity index (χ1) is 8.99. The minimum Gasteiger partial charge on any atom is -0.505 e. The van der Waals surface area contributed by atoms with E-state index in [0.29, 0.717) is 12.1 Å². The molecule has 0 radical (unpaired) electrons. The van der Waals surface area contributed by atoms with Crippen LogP contribution < -0.4 is 5.32 Å². The first kappa shape index (κ1) is 12.9. The molecule has 98 valence electrons. The van der Waals surface area contributed by atoms with Gasteiger partial charge in [-0.2, -0.15) is 0 Å². The fraction of sp³-hybridized carbons (Fsp3) is 0. The molecule has 2 aromatic rings. The van der Waals surface area contributed by atoms with Crippen molar-refractivity contribution >= 4 is 11.6 Å². The van der Waals surface area contributed by atoms with Crippen LogP contribution in [-0.2, 0) is 0 Å². The molecule has 4 nitrogen and oxygen atoms in total. The molecule has 1 aromatic heterocycles. The quantitative estimate of drug-likeness (QED) is 0.822. The van der Waals surface area contributed by atoms with Crippen LogP contribution in [0.2, 0.25) is 0 Å². The summed E-state index contributed by atoms with van der Waals surface area (Å²) in [5, 5.41) is 11.5. The number of halogens is 3. The minimum atomic E-state index is -1.62. The fourth-order valence-corrected chi connectivity index (χ4v) is 1.40. The van der Waals surface area contributed by atoms with E-state index in [1.54, 1.807) is 0 Å². The van der Waals surface area contributed by atoms with E-state index >= 15 is 0 Å². The molecule has 0 unspecified atom stereocenters. The van der Waals surface area contributed by atoms with Crippen LogP contribution in [0.25, 0.3) is 0 Å². The van der Waals surface area contributed by atoms with Crippen LogP contribution >= 0.6 is 0 Å². The number of amides is 1. The number of carbonyl (C=O) groups is 1. The highest BCUT2D eigenvalue weighted by Crippen LogP contribution is 2.20. The molecular formula is C12H7F3N2O2. The van der Waals surface area contributed by atoms with Crippen molar-refractivity contribution in [1.29, 1.82) is 0 Å². The lowest BCUT2D eigenvalue weighted by molar-refractivity contribution is 0.102. The third-order valence-corrected chi connectivity index (χ3v) is 2.29. The van der Waals surface area contributed by atoms with E-state index in [0.717, 1.165) is 6.20 Å². The molecule has 1 heterocycles. The van der Waals surface area contributed by atoms with Gasteiger partial charge in [0, 0.05) is 24.0 Å². The molecule has 0 aliphatic carbocycles. The zero-order chi connectivity index (χ0) is 14.0. The van der Waals surface area contributed by atoms with Crippen LogP contribution in [0.5, 0.6) is 5.75 Å². The first-order valence-electron chi connectivity index (χ1n) is 5.08. The smallest absolute Gasteiger partial charge is 0.259 e. The Balaban J connectivity index is 2.27. The molecule has 0 saturated heterocycles. The maximum atomic E-state index is 12.9. The van der Waals surface area contributed by atoms with Crippen LogP contribution in [0, 0.1) is 17.5 Å². The van der Waals surface area contributed by atoms with Crippen molar-refractivity contribution in [3.8, 4) is 5.75 Å². The molecule has 0 fully saturated rings. The van der Waals surface area contributed by atoms with Crippen molar-refractivity contribution in [2.45, 2.75) is 0 Å². The predicted octanol–water partition coefficient (Wildman–Crippen LogP) is 2.46. The van der Waals surface area contributed by atoms with Crippen LogP contribution in [-0.4, -0.2) is 16.0 Å². The molecule has 0 atom stereocenters. The average Bonchev–Trinajstić information content (AvgIpc) is 2.36. The van der Waals surface area contributed by atoms with E-state index in [1.165, 1.54) is 12.3 Å². The molecule has 2 N–H and O–H groups in total. The van der Waals surface area contributed by atoms with Gasteiger partial charge < -0.3 is 10.4 Å². The monoisotopic (exact) mass is 268 g/mol. The lowest BCUT2D eigenvalue weighted by Crippen LogP contribution is -2.13. The molecule has 0 aliphatic rings. The van der Waals surface area contributed by atoms with Gasteiger partial charge in [0.1, 0.15) is 5.75 Å². The summed E-state index contributed by atoms with van der Waals surface area (Å²) in [5.41, 5.74) is -0.391. The van der Waals surface area contributed by atoms with E-state index in [9.17, 15) is 23.1 Å². The minimum absolute atomic E-state index is 0.125. The molecule has 0 saturated carbocycles. The van der Waals surface area contributed by atoms with Crippen molar-refractivity contribution < 1.29 is 23.1 Å². The number of benzene rings is 1. The zero-order valence-corrected chi connectivity index (χ0v) is 9.32. The van der Waals surface area contributed by atoms with Gasteiger partial charge in [-0.1, -0.05) is 0 Å². The molecule has 1 aromatic carbocycles. The Morgan fingerprint density at radius 1 is 1.21 bits per heavy atom. The Morgan fingerprint density at radius 2 is 1.84 bits per heavy atom. The van der Waals surface area contributed by atoms with Crippen molar-refractivity contribution in [1.82, 2.24) is 4.98 Å². The van der Waals surface area contributed by atoms with Gasteiger partial charge in [-0.15, -0.1) is 0 Å². The predicted molar refractivity (Wildman–Crippen MR) is 60.2 cm³/mol. The number of rotatable bonds is 2. The highest BCUT2D eigenvalue weighted by Gasteiger charge is 2.14. The van der Waals surface area contributed by atoms with Crippen LogP contribution in [0.4, 0.5) is 18.9 Å². The Bertz CT molecular complexity index is 624. The number of nitrogens with one attached hydrogen (secondary N) is 1. The van der Waals surface area contributed by atoms with Crippen molar-refractivity contribution in [3.63, 3.8) is 0 Å². The Labute approximate surface area is 105 Å². The second-order valence-electron chi connectivity index (χ2n) is 3.60. The van der Waals surface area contributed by atoms with Gasteiger partial charge in [0.05, 0.1) is 11.8 Å². The van der Waals surface area contributed by atoms with E-state index < -0.39 is 23.4 Å². The van der Waals surface area contributed by atoms with Crippen molar-refractivity contribution in [2.75, 3.05) is 5.32 Å². The molecular weight excluding hydrogens is 261 g/mol. The highest BCUT2D eigenvalue weighted by molar-refractivity contribution is 6.05. The molecule has 0 aliphatic heterocycles. The number of aromatic nitrogens is 1. The lowest BCUT2D eigenvalue weighted by Gasteiger charge is -2.07. The number of nitrogens with zero attached hydrogens (tertiary/aromatic N) is 1. The highest BCUT2D eigenvalue weighted by atomic mass is 19.2. The van der Waals surface area contributed by atoms with Gasteiger partial charge in [0.25, 0.3) is 5.91 Å². The van der Waals surface area contributed by atoms with E-state index in [4.69, 9.17) is 0 Å². The Morgan fingerprint density at radius 3 is 2.42 bits per heavy atom. The van der Waals surface area contributed by atoms with Gasteiger partial charge in [-0.3, -0.25) is 9.78 Å². The molecule has 0 spiro atoms. The van der Waals surface area contributed by atoms with Crippen LogP contribution in [0.15, 0.2) is 30.6 Å². The van der Waals surface area contributed by atoms with E-state index in [1.807, 2.05) is 0 Å². The molecule has 1 amide bonds. The zero-order valence-electron chi connectivity index (χ0n) is 9.32. The summed E-state index contributed by atoms with van der Waals surface area (Å²) >= 11 is 0. The largest absolute Gasteiger partial charge is 0.505 e. The van der Waals surface area contributed by atoms with Crippen LogP contribution in [0.3, 0.4) is 0 Å². The van der Waals surface area contributed by atoms with E-state index in [-0.39, 0.29) is 17.0 Å². The first-order valence-corrected chi connectivity index (χ1v) is 5.08. The van der Waals surface area contributed by atoms with Crippen LogP contribution in [0.1, 0.15) is 10.4 Å². The summed E-state index contributed by atoms with van der Waals surface area (Å²) in [6.45, 7) is 0. The summed E-state index contributed by atoms with van der Waals surface area (Å²) in [5.74, 6) is -5.65. The Kier molecular flexibility index (Phi) is 3.37. The molecule has 7 heteroatoms. The summed E-state index contributed by atoms with van der Waals surface area (Å²) in [6.07, 6.45) is 2.31. The lowest BCUT2D eigenvalue weighted by atomic mass is 10.2. The summed E-state index contributed by atoms with van der Waals surface area (Å²) in [7, 11) is 0. The molecule has 2 rings (SSSR count). The molecule has 19 heavy (non-hydrogen) atoms. The number of pyridine rings is 1.